The van der Waals surface area contributed by atoms with Gasteiger partial charge in [-0.25, -0.2) is 8.42 Å². The third-order valence-corrected chi connectivity index (χ3v) is 4.66. The Balaban J connectivity index is 2.91. The van der Waals surface area contributed by atoms with Crippen LogP contribution in [0.15, 0.2) is 29.2 Å². The quantitative estimate of drug-likeness (QED) is 0.838. The summed E-state index contributed by atoms with van der Waals surface area (Å²) in [6.07, 6.45) is 0. The highest BCUT2D eigenvalue weighted by Crippen LogP contribution is 2.34. The van der Waals surface area contributed by atoms with Gasteiger partial charge in [0.2, 0.25) is 0 Å². The van der Waals surface area contributed by atoms with E-state index in [4.69, 9.17) is 0 Å². The van der Waals surface area contributed by atoms with Gasteiger partial charge in [-0.05, 0) is 25.2 Å². The maximum absolute atomic E-state index is 12.6. The molecule has 120 valence electrons. The molecule has 0 amide bonds. The molecule has 0 spiro atoms. The van der Waals surface area contributed by atoms with Gasteiger partial charge < -0.3 is 10.2 Å². The second-order valence-electron chi connectivity index (χ2n) is 4.40. The number of sulfone groups is 1. The first kappa shape index (κ1) is 17.8. The van der Waals surface area contributed by atoms with E-state index in [9.17, 15) is 21.6 Å². The summed E-state index contributed by atoms with van der Waals surface area (Å²) in [4.78, 5) is 1.34. The van der Waals surface area contributed by atoms with E-state index >= 15 is 0 Å². The highest BCUT2D eigenvalue weighted by atomic mass is 32.2. The van der Waals surface area contributed by atoms with Crippen LogP contribution in [0.4, 0.5) is 18.9 Å². The minimum atomic E-state index is -5.34. The molecule has 0 aliphatic heterocycles. The molecule has 0 heterocycles. The highest BCUT2D eigenvalue weighted by molar-refractivity contribution is 7.92. The van der Waals surface area contributed by atoms with E-state index < -0.39 is 20.2 Å². The van der Waals surface area contributed by atoms with Crippen LogP contribution in [0.1, 0.15) is 13.8 Å². The van der Waals surface area contributed by atoms with E-state index in [1.54, 1.807) is 0 Å². The van der Waals surface area contributed by atoms with Crippen molar-refractivity contribution in [2.45, 2.75) is 24.3 Å². The van der Waals surface area contributed by atoms with Gasteiger partial charge >= 0.3 is 5.51 Å². The molecule has 21 heavy (non-hydrogen) atoms. The minimum Gasteiger partial charge on any atom is -0.383 e. The van der Waals surface area contributed by atoms with E-state index in [0.717, 1.165) is 19.2 Å². The molecule has 0 aliphatic rings. The third kappa shape index (κ3) is 4.34. The van der Waals surface area contributed by atoms with Gasteiger partial charge in [0.25, 0.3) is 9.84 Å². The molecule has 0 aromatic heterocycles. The van der Waals surface area contributed by atoms with Gasteiger partial charge in [0.15, 0.2) is 0 Å². The fourth-order valence-corrected chi connectivity index (χ4v) is 2.80. The molecular weight excluding hydrogens is 305 g/mol. The molecule has 8 heteroatoms. The number of benzene rings is 1. The maximum atomic E-state index is 12.6. The van der Waals surface area contributed by atoms with Crippen LogP contribution in [0, 0.1) is 0 Å². The molecule has 0 saturated heterocycles. The highest BCUT2D eigenvalue weighted by Gasteiger charge is 2.47. The van der Waals surface area contributed by atoms with E-state index in [1.165, 1.54) is 18.2 Å². The Morgan fingerprint density at radius 3 is 2.24 bits per heavy atom. The van der Waals surface area contributed by atoms with Gasteiger partial charge in [0.1, 0.15) is 0 Å². The van der Waals surface area contributed by atoms with Gasteiger partial charge in [-0.3, -0.25) is 0 Å². The van der Waals surface area contributed by atoms with Crippen molar-refractivity contribution in [3.63, 3.8) is 0 Å². The van der Waals surface area contributed by atoms with Gasteiger partial charge in [-0.1, -0.05) is 26.0 Å². The molecule has 0 aliphatic carbocycles. The number of halogens is 3. The number of nitrogens with one attached hydrogen (secondary N) is 1. The van der Waals surface area contributed by atoms with E-state index in [2.05, 4.69) is 10.2 Å². The predicted octanol–water partition coefficient (Wildman–Crippen LogP) is 2.73. The fraction of sp³-hybridized carbons (Fsp3) is 0.538. The van der Waals surface area contributed by atoms with Crippen molar-refractivity contribution in [2.75, 3.05) is 31.5 Å². The molecule has 0 fully saturated rings. The van der Waals surface area contributed by atoms with Gasteiger partial charge in [-0.2, -0.15) is 13.2 Å². The Bertz CT molecular complexity index is 555. The zero-order valence-corrected chi connectivity index (χ0v) is 12.8. The topological polar surface area (TPSA) is 49.4 Å². The van der Waals surface area contributed by atoms with E-state index in [1.807, 2.05) is 13.8 Å². The molecule has 0 radical (unpaired) electrons. The summed E-state index contributed by atoms with van der Waals surface area (Å²) in [5.41, 5.74) is -5.33. The number of nitrogens with zero attached hydrogens (tertiary/aromatic N) is 1. The van der Waals surface area contributed by atoms with E-state index in [0.29, 0.717) is 13.1 Å². The number of anilines is 1. The molecule has 4 nitrogen and oxygen atoms in total. The number of likely N-dealkylation sites (N-methyl/N-ethyl adjacent to an activating group) is 1. The summed E-state index contributed by atoms with van der Waals surface area (Å²) in [6, 6.07) is 5.06. The number of hydrogen-bond acceptors (Lipinski definition) is 4. The smallest absolute Gasteiger partial charge is 0.383 e. The SMILES string of the molecule is CCN(CC)CCNc1ccccc1S(=O)(=O)C(F)(F)F. The first-order chi connectivity index (χ1) is 9.74. The molecule has 1 N–H and O–H groups in total. The molecule has 0 unspecified atom stereocenters. The molecule has 1 rings (SSSR count). The van der Waals surface area contributed by atoms with Crippen molar-refractivity contribution in [3.8, 4) is 0 Å². The van der Waals surface area contributed by atoms with Crippen molar-refractivity contribution in [1.29, 1.82) is 0 Å². The van der Waals surface area contributed by atoms with Crippen LogP contribution in [0.5, 0.6) is 0 Å². The van der Waals surface area contributed by atoms with Gasteiger partial charge in [0.05, 0.1) is 10.6 Å². The van der Waals surface area contributed by atoms with Crippen LogP contribution < -0.4 is 5.32 Å². The van der Waals surface area contributed by atoms with Gasteiger partial charge in [0, 0.05) is 13.1 Å². The largest absolute Gasteiger partial charge is 0.501 e. The summed E-state index contributed by atoms with van der Waals surface area (Å²) in [7, 11) is -5.34. The molecule has 0 saturated carbocycles. The molecule has 0 bridgehead atoms. The lowest BCUT2D eigenvalue weighted by Gasteiger charge is -2.19. The monoisotopic (exact) mass is 324 g/mol. The fourth-order valence-electron chi connectivity index (χ4n) is 1.86. The van der Waals surface area contributed by atoms with Crippen molar-refractivity contribution < 1.29 is 21.6 Å². The second-order valence-corrected chi connectivity index (χ2v) is 6.31. The molecule has 1 aromatic rings. The maximum Gasteiger partial charge on any atom is 0.501 e. The normalized spacial score (nSPS) is 12.7. The first-order valence-electron chi connectivity index (χ1n) is 6.60. The predicted molar refractivity (Wildman–Crippen MR) is 76.0 cm³/mol. The van der Waals surface area contributed by atoms with Crippen LogP contribution >= 0.6 is 0 Å². The lowest BCUT2D eigenvalue weighted by Crippen LogP contribution is -2.29. The van der Waals surface area contributed by atoms with Crippen LogP contribution in [-0.4, -0.2) is 45.0 Å². The number of alkyl halides is 3. The minimum absolute atomic E-state index is 0.0259. The van der Waals surface area contributed by atoms with Crippen LogP contribution in [0.3, 0.4) is 0 Å². The summed E-state index contributed by atoms with van der Waals surface area (Å²) in [5.74, 6) is 0. The van der Waals surface area contributed by atoms with Crippen molar-refractivity contribution >= 4 is 15.5 Å². The Morgan fingerprint density at radius 2 is 1.71 bits per heavy atom. The Kier molecular flexibility index (Phi) is 6.03. The van der Waals surface area contributed by atoms with Crippen LogP contribution in [0.2, 0.25) is 0 Å². The Labute approximate surface area is 122 Å². The summed E-state index contributed by atoms with van der Waals surface area (Å²) in [5, 5.41) is 2.77. The number of para-hydroxylation sites is 1. The van der Waals surface area contributed by atoms with E-state index in [-0.39, 0.29) is 5.69 Å². The van der Waals surface area contributed by atoms with Crippen LogP contribution in [-0.2, 0) is 9.84 Å². The van der Waals surface area contributed by atoms with Crippen molar-refractivity contribution in [1.82, 2.24) is 4.90 Å². The zero-order chi connectivity index (χ0) is 16.1. The summed E-state index contributed by atoms with van der Waals surface area (Å²) in [6.45, 7) is 6.58. The molecule has 0 atom stereocenters. The average Bonchev–Trinajstić information content (AvgIpc) is 2.43. The second kappa shape index (κ2) is 7.13. The summed E-state index contributed by atoms with van der Waals surface area (Å²) >= 11 is 0. The number of rotatable bonds is 7. The Hall–Kier alpha value is -1.28. The standard InChI is InChI=1S/C13H19F3N2O2S/c1-3-18(4-2)10-9-17-11-7-5-6-8-12(11)21(19,20)13(14,15)16/h5-8,17H,3-4,9-10H2,1-2H3. The third-order valence-electron chi connectivity index (χ3n) is 3.12. The number of hydrogen-bond donors (Lipinski definition) is 1. The van der Waals surface area contributed by atoms with Crippen LogP contribution in [0.25, 0.3) is 0 Å². The first-order valence-corrected chi connectivity index (χ1v) is 8.09. The van der Waals surface area contributed by atoms with Crippen molar-refractivity contribution in [2.24, 2.45) is 0 Å². The average molecular weight is 324 g/mol. The Morgan fingerprint density at radius 1 is 1.14 bits per heavy atom. The molecule has 1 aromatic carbocycles. The van der Waals surface area contributed by atoms with Gasteiger partial charge in [-0.15, -0.1) is 0 Å². The summed E-state index contributed by atoms with van der Waals surface area (Å²) < 4.78 is 60.9. The lowest BCUT2D eigenvalue weighted by molar-refractivity contribution is -0.0435. The molecular formula is C13H19F3N2O2S. The zero-order valence-electron chi connectivity index (χ0n) is 11.9. The lowest BCUT2D eigenvalue weighted by atomic mass is 10.3. The van der Waals surface area contributed by atoms with Crippen molar-refractivity contribution in [3.05, 3.63) is 24.3 Å².